The van der Waals surface area contributed by atoms with E-state index in [0.717, 1.165) is 12.0 Å². The molecule has 0 aromatic heterocycles. The van der Waals surface area contributed by atoms with Gasteiger partial charge in [0.05, 0.1) is 17.5 Å². The lowest BCUT2D eigenvalue weighted by molar-refractivity contribution is -0.123. The zero-order chi connectivity index (χ0) is 19.3. The summed E-state index contributed by atoms with van der Waals surface area (Å²) in [5, 5.41) is 0. The second kappa shape index (κ2) is 6.41. The Bertz CT molecular complexity index is 1010. The third kappa shape index (κ3) is 2.56. The quantitative estimate of drug-likeness (QED) is 0.356. The molecule has 2 aromatic rings. The van der Waals surface area contributed by atoms with E-state index in [2.05, 4.69) is 12.2 Å². The molecule has 4 heteroatoms. The van der Waals surface area contributed by atoms with Gasteiger partial charge in [-0.25, -0.2) is 4.90 Å². The van der Waals surface area contributed by atoms with E-state index in [4.69, 9.17) is 0 Å². The first-order valence-corrected chi connectivity index (χ1v) is 9.57. The van der Waals surface area contributed by atoms with E-state index in [1.165, 1.54) is 11.0 Å². The monoisotopic (exact) mass is 369 g/mol. The summed E-state index contributed by atoms with van der Waals surface area (Å²) in [5.41, 5.74) is 1.89. The van der Waals surface area contributed by atoms with Gasteiger partial charge in [0.1, 0.15) is 0 Å². The summed E-state index contributed by atoms with van der Waals surface area (Å²) >= 11 is 0. The Morgan fingerprint density at radius 2 is 1.57 bits per heavy atom. The van der Waals surface area contributed by atoms with Crippen molar-refractivity contribution < 1.29 is 14.4 Å². The lowest BCUT2D eigenvalue weighted by atomic mass is 9.85. The van der Waals surface area contributed by atoms with E-state index in [0.29, 0.717) is 11.3 Å². The number of hydrogen-bond donors (Lipinski definition) is 0. The van der Waals surface area contributed by atoms with E-state index < -0.39 is 0 Å². The highest BCUT2D eigenvalue weighted by molar-refractivity contribution is 6.23. The number of anilines is 1. The number of imide groups is 1. The van der Waals surface area contributed by atoms with Crippen LogP contribution in [0, 0.1) is 23.7 Å². The van der Waals surface area contributed by atoms with E-state index >= 15 is 0 Å². The molecule has 3 aliphatic rings. The number of rotatable bonds is 4. The zero-order valence-electron chi connectivity index (χ0n) is 15.2. The molecule has 0 N–H and O–H groups in total. The molecule has 138 valence electrons. The van der Waals surface area contributed by atoms with Gasteiger partial charge in [-0.15, -0.1) is 0 Å². The van der Waals surface area contributed by atoms with Crippen molar-refractivity contribution >= 4 is 29.4 Å². The van der Waals surface area contributed by atoms with Gasteiger partial charge in [0.2, 0.25) is 11.8 Å². The van der Waals surface area contributed by atoms with Gasteiger partial charge in [0.25, 0.3) is 0 Å². The SMILES string of the molecule is O=C(/C=C/c1ccccc1)c1cccc(N2C(=O)[C@H]3[C@H](C2=O)[C@H]2C=C[C@H]3C2)c1. The topological polar surface area (TPSA) is 54.5 Å². The molecule has 0 spiro atoms. The molecule has 4 nitrogen and oxygen atoms in total. The Labute approximate surface area is 163 Å². The Balaban J connectivity index is 1.41. The highest BCUT2D eigenvalue weighted by Crippen LogP contribution is 2.53. The van der Waals surface area contributed by atoms with Crippen LogP contribution in [0.5, 0.6) is 0 Å². The van der Waals surface area contributed by atoms with Crippen LogP contribution in [0.25, 0.3) is 6.08 Å². The van der Waals surface area contributed by atoms with Crippen molar-refractivity contribution in [3.05, 3.63) is 84.0 Å². The number of ketones is 1. The van der Waals surface area contributed by atoms with E-state index in [9.17, 15) is 14.4 Å². The van der Waals surface area contributed by atoms with Gasteiger partial charge in [0, 0.05) is 5.56 Å². The van der Waals surface area contributed by atoms with Crippen LogP contribution >= 0.6 is 0 Å². The third-order valence-electron chi connectivity index (χ3n) is 6.09. The highest BCUT2D eigenvalue weighted by Gasteiger charge is 2.59. The molecular weight excluding hydrogens is 350 g/mol. The first kappa shape index (κ1) is 16.9. The molecule has 4 atom stereocenters. The van der Waals surface area contributed by atoms with Gasteiger partial charge in [-0.05, 0) is 42.0 Å². The minimum Gasteiger partial charge on any atom is -0.289 e. The Morgan fingerprint density at radius 1 is 0.893 bits per heavy atom. The summed E-state index contributed by atoms with van der Waals surface area (Å²) < 4.78 is 0. The van der Waals surface area contributed by atoms with Gasteiger partial charge < -0.3 is 0 Å². The number of fused-ring (bicyclic) bond motifs is 5. The molecule has 2 bridgehead atoms. The van der Waals surface area contributed by atoms with Gasteiger partial charge in [-0.1, -0.05) is 60.7 Å². The van der Waals surface area contributed by atoms with E-state index in [1.807, 2.05) is 30.3 Å². The maximum absolute atomic E-state index is 13.0. The fourth-order valence-electron chi connectivity index (χ4n) is 4.79. The Kier molecular flexibility index (Phi) is 3.86. The van der Waals surface area contributed by atoms with Gasteiger partial charge in [-0.3, -0.25) is 14.4 Å². The predicted octanol–water partition coefficient (Wildman–Crippen LogP) is 3.89. The van der Waals surface area contributed by atoms with Crippen molar-refractivity contribution in [3.63, 3.8) is 0 Å². The average molecular weight is 369 g/mol. The molecule has 2 amide bonds. The number of carbonyl (C=O) groups is 3. The van der Waals surface area contributed by atoms with Crippen LogP contribution in [-0.2, 0) is 9.59 Å². The number of benzene rings is 2. The molecule has 2 aliphatic carbocycles. The van der Waals surface area contributed by atoms with Crippen molar-refractivity contribution in [2.45, 2.75) is 6.42 Å². The number of nitrogens with zero attached hydrogens (tertiary/aromatic N) is 1. The fourth-order valence-corrected chi connectivity index (χ4v) is 4.79. The van der Waals surface area contributed by atoms with Crippen LogP contribution in [0.1, 0.15) is 22.3 Å². The van der Waals surface area contributed by atoms with Crippen molar-refractivity contribution in [1.82, 2.24) is 0 Å². The zero-order valence-corrected chi connectivity index (χ0v) is 15.2. The molecule has 2 fully saturated rings. The maximum atomic E-state index is 13.0. The van der Waals surface area contributed by atoms with Gasteiger partial charge in [-0.2, -0.15) is 0 Å². The van der Waals surface area contributed by atoms with Crippen LogP contribution in [0.2, 0.25) is 0 Å². The summed E-state index contributed by atoms with van der Waals surface area (Å²) in [4.78, 5) is 39.8. The summed E-state index contributed by atoms with van der Waals surface area (Å²) in [6.07, 6.45) is 8.34. The summed E-state index contributed by atoms with van der Waals surface area (Å²) in [6.45, 7) is 0. The number of allylic oxidation sites excluding steroid dienone is 3. The Morgan fingerprint density at radius 3 is 2.25 bits per heavy atom. The number of hydrogen-bond acceptors (Lipinski definition) is 3. The molecule has 1 saturated heterocycles. The van der Waals surface area contributed by atoms with Crippen molar-refractivity contribution in [3.8, 4) is 0 Å². The third-order valence-corrected chi connectivity index (χ3v) is 6.09. The van der Waals surface area contributed by atoms with Crippen LogP contribution in [0.4, 0.5) is 5.69 Å². The Hall–Kier alpha value is -3.27. The number of carbonyl (C=O) groups excluding carboxylic acids is 3. The predicted molar refractivity (Wildman–Crippen MR) is 106 cm³/mol. The summed E-state index contributed by atoms with van der Waals surface area (Å²) in [6, 6.07) is 16.4. The molecule has 5 rings (SSSR count). The van der Waals surface area contributed by atoms with Crippen molar-refractivity contribution in [2.24, 2.45) is 23.7 Å². The lowest BCUT2D eigenvalue weighted by Crippen LogP contribution is -2.32. The standard InChI is InChI=1S/C24H19NO3/c26-20(12-9-15-5-2-1-3-6-15)16-7-4-8-19(14-16)25-23(27)21-17-10-11-18(13-17)22(21)24(25)28/h1-12,14,17-18,21-22H,13H2/b12-9+/t17-,18-,21+,22+/m0/s1. The second-order valence-corrected chi connectivity index (χ2v) is 7.67. The van der Waals surface area contributed by atoms with Crippen LogP contribution in [-0.4, -0.2) is 17.6 Å². The number of amides is 2. The first-order chi connectivity index (χ1) is 13.6. The molecule has 1 saturated carbocycles. The lowest BCUT2D eigenvalue weighted by Gasteiger charge is -2.17. The van der Waals surface area contributed by atoms with Crippen LogP contribution in [0.15, 0.2) is 72.8 Å². The summed E-state index contributed by atoms with van der Waals surface area (Å²) in [5.74, 6) is -0.538. The van der Waals surface area contributed by atoms with Crippen LogP contribution < -0.4 is 4.90 Å². The molecule has 0 radical (unpaired) electrons. The molecule has 1 heterocycles. The minimum atomic E-state index is -0.236. The molecule has 0 unspecified atom stereocenters. The molecule has 1 aliphatic heterocycles. The van der Waals surface area contributed by atoms with E-state index in [-0.39, 0.29) is 41.3 Å². The smallest absolute Gasteiger partial charge is 0.238 e. The molecule has 28 heavy (non-hydrogen) atoms. The largest absolute Gasteiger partial charge is 0.289 e. The van der Waals surface area contributed by atoms with Gasteiger partial charge >= 0.3 is 0 Å². The second-order valence-electron chi connectivity index (χ2n) is 7.67. The normalized spacial score (nSPS) is 27.8. The maximum Gasteiger partial charge on any atom is 0.238 e. The summed E-state index contributed by atoms with van der Waals surface area (Å²) in [7, 11) is 0. The van der Waals surface area contributed by atoms with Gasteiger partial charge in [0.15, 0.2) is 5.78 Å². The van der Waals surface area contributed by atoms with Crippen LogP contribution in [0.3, 0.4) is 0 Å². The highest BCUT2D eigenvalue weighted by atomic mass is 16.2. The van der Waals surface area contributed by atoms with E-state index in [1.54, 1.807) is 30.3 Å². The first-order valence-electron chi connectivity index (χ1n) is 9.57. The average Bonchev–Trinajstić information content (AvgIpc) is 3.41. The molecule has 2 aromatic carbocycles. The fraction of sp³-hybridized carbons (Fsp3) is 0.208. The van der Waals surface area contributed by atoms with Crippen molar-refractivity contribution in [1.29, 1.82) is 0 Å². The van der Waals surface area contributed by atoms with Crippen molar-refractivity contribution in [2.75, 3.05) is 4.90 Å². The molecular formula is C24H19NO3. The minimum absolute atomic E-state index is 0.128.